The Balaban J connectivity index is 2.54. The van der Waals surface area contributed by atoms with Gasteiger partial charge in [0.15, 0.2) is 11.5 Å². The topological polar surface area (TPSA) is 44.8 Å². The van der Waals surface area contributed by atoms with Crippen LogP contribution >= 0.6 is 0 Å². The molecule has 0 aliphatic carbocycles. The minimum absolute atomic E-state index is 0.367. The van der Waals surface area contributed by atoms with E-state index in [1.807, 2.05) is 24.3 Å². The molecule has 2 aromatic rings. The molecule has 0 aliphatic rings. The maximum Gasteiger partial charge on any atom is 0.337 e. The van der Waals surface area contributed by atoms with Crippen molar-refractivity contribution < 1.29 is 19.0 Å². The van der Waals surface area contributed by atoms with Crippen molar-refractivity contribution in [1.82, 2.24) is 0 Å². The summed E-state index contributed by atoms with van der Waals surface area (Å²) in [5.41, 5.74) is 2.22. The summed E-state index contributed by atoms with van der Waals surface area (Å²) in [6, 6.07) is 12.8. The van der Waals surface area contributed by atoms with Gasteiger partial charge in [0.25, 0.3) is 0 Å². The predicted molar refractivity (Wildman–Crippen MR) is 76.3 cm³/mol. The van der Waals surface area contributed by atoms with Gasteiger partial charge in [-0.2, -0.15) is 0 Å². The Labute approximate surface area is 117 Å². The van der Waals surface area contributed by atoms with Crippen LogP contribution in [0.2, 0.25) is 0 Å². The van der Waals surface area contributed by atoms with Crippen molar-refractivity contribution in [2.24, 2.45) is 0 Å². The fourth-order valence-corrected chi connectivity index (χ4v) is 2.05. The molecular formula is C16H16O4. The molecule has 4 heteroatoms. The molecule has 4 nitrogen and oxygen atoms in total. The number of benzene rings is 2. The number of carbonyl (C=O) groups is 1. The summed E-state index contributed by atoms with van der Waals surface area (Å²) in [4.78, 5) is 11.6. The number of methoxy groups -OCH3 is 3. The van der Waals surface area contributed by atoms with Crippen molar-refractivity contribution in [3.8, 4) is 22.6 Å². The lowest BCUT2D eigenvalue weighted by molar-refractivity contribution is 0.0601. The largest absolute Gasteiger partial charge is 0.493 e. The summed E-state index contributed by atoms with van der Waals surface area (Å²) in [5, 5.41) is 0. The smallest absolute Gasteiger partial charge is 0.337 e. The highest BCUT2D eigenvalue weighted by molar-refractivity contribution is 5.91. The molecule has 0 heterocycles. The van der Waals surface area contributed by atoms with Gasteiger partial charge in [-0.15, -0.1) is 0 Å². The van der Waals surface area contributed by atoms with Gasteiger partial charge in [-0.1, -0.05) is 24.3 Å². The molecule has 2 aromatic carbocycles. The lowest BCUT2D eigenvalue weighted by Gasteiger charge is -2.13. The van der Waals surface area contributed by atoms with Gasteiger partial charge in [-0.05, 0) is 23.8 Å². The number of esters is 1. The van der Waals surface area contributed by atoms with E-state index in [1.165, 1.54) is 7.11 Å². The number of carbonyl (C=O) groups excluding carboxylic acids is 1. The van der Waals surface area contributed by atoms with Crippen molar-refractivity contribution in [3.05, 3.63) is 48.0 Å². The third kappa shape index (κ3) is 2.59. The summed E-state index contributed by atoms with van der Waals surface area (Å²) < 4.78 is 15.4. The van der Waals surface area contributed by atoms with Crippen LogP contribution in [0, 0.1) is 0 Å². The normalized spacial score (nSPS) is 9.95. The van der Waals surface area contributed by atoms with Crippen LogP contribution in [-0.2, 0) is 4.74 Å². The van der Waals surface area contributed by atoms with Crippen LogP contribution in [0.25, 0.3) is 11.1 Å². The fraction of sp³-hybridized carbons (Fsp3) is 0.188. The molecule has 0 aromatic heterocycles. The molecule has 0 saturated carbocycles. The second-order valence-electron chi connectivity index (χ2n) is 4.11. The Morgan fingerprint density at radius 2 is 1.70 bits per heavy atom. The van der Waals surface area contributed by atoms with Crippen LogP contribution in [0.1, 0.15) is 10.4 Å². The zero-order valence-corrected chi connectivity index (χ0v) is 11.7. The molecule has 0 saturated heterocycles. The average molecular weight is 272 g/mol. The SMILES string of the molecule is COC(=O)c1cccc(-c2cccc(OC)c2OC)c1. The summed E-state index contributed by atoms with van der Waals surface area (Å²) in [5.74, 6) is 0.916. The minimum Gasteiger partial charge on any atom is -0.493 e. The van der Waals surface area contributed by atoms with Gasteiger partial charge in [0.05, 0.1) is 26.9 Å². The summed E-state index contributed by atoms with van der Waals surface area (Å²) in [7, 11) is 4.54. The third-order valence-corrected chi connectivity index (χ3v) is 3.00. The highest BCUT2D eigenvalue weighted by atomic mass is 16.5. The van der Waals surface area contributed by atoms with E-state index in [1.54, 1.807) is 32.4 Å². The maximum atomic E-state index is 11.6. The highest BCUT2D eigenvalue weighted by Crippen LogP contribution is 2.37. The molecule has 0 N–H and O–H groups in total. The van der Waals surface area contributed by atoms with Gasteiger partial charge in [-0.25, -0.2) is 4.79 Å². The molecule has 0 bridgehead atoms. The molecular weight excluding hydrogens is 256 g/mol. The van der Waals surface area contributed by atoms with Crippen LogP contribution < -0.4 is 9.47 Å². The summed E-state index contributed by atoms with van der Waals surface area (Å²) in [6.07, 6.45) is 0. The van der Waals surface area contributed by atoms with E-state index in [0.717, 1.165) is 11.1 Å². The number of para-hydroxylation sites is 1. The Morgan fingerprint density at radius 1 is 0.950 bits per heavy atom. The Morgan fingerprint density at radius 3 is 2.35 bits per heavy atom. The molecule has 2 rings (SSSR count). The number of hydrogen-bond acceptors (Lipinski definition) is 4. The molecule has 0 radical (unpaired) electrons. The minimum atomic E-state index is -0.367. The lowest BCUT2D eigenvalue weighted by Crippen LogP contribution is -2.01. The molecule has 20 heavy (non-hydrogen) atoms. The van der Waals surface area contributed by atoms with Gasteiger partial charge in [0.2, 0.25) is 0 Å². The quantitative estimate of drug-likeness (QED) is 0.802. The van der Waals surface area contributed by atoms with Crippen molar-refractivity contribution in [2.75, 3.05) is 21.3 Å². The van der Waals surface area contributed by atoms with Gasteiger partial charge >= 0.3 is 5.97 Å². The Kier molecular flexibility index (Phi) is 4.25. The molecule has 0 fully saturated rings. The number of rotatable bonds is 4. The molecule has 0 aliphatic heterocycles. The first-order valence-corrected chi connectivity index (χ1v) is 6.11. The van der Waals surface area contributed by atoms with Gasteiger partial charge < -0.3 is 14.2 Å². The molecule has 0 spiro atoms. The standard InChI is InChI=1S/C16H16O4/c1-18-14-9-5-8-13(15(14)19-2)11-6-4-7-12(10-11)16(17)20-3/h4-10H,1-3H3. The first-order valence-electron chi connectivity index (χ1n) is 6.11. The van der Waals surface area contributed by atoms with E-state index in [2.05, 4.69) is 0 Å². The van der Waals surface area contributed by atoms with E-state index >= 15 is 0 Å². The van der Waals surface area contributed by atoms with Gasteiger partial charge in [0.1, 0.15) is 0 Å². The summed E-state index contributed by atoms with van der Waals surface area (Å²) >= 11 is 0. The van der Waals surface area contributed by atoms with E-state index in [4.69, 9.17) is 14.2 Å². The Bertz CT molecular complexity index is 620. The van der Waals surface area contributed by atoms with Crippen LogP contribution in [0.4, 0.5) is 0 Å². The zero-order valence-electron chi connectivity index (χ0n) is 11.7. The first-order chi connectivity index (χ1) is 9.71. The van der Waals surface area contributed by atoms with E-state index in [-0.39, 0.29) is 5.97 Å². The zero-order chi connectivity index (χ0) is 14.5. The van der Waals surface area contributed by atoms with Crippen LogP contribution in [-0.4, -0.2) is 27.3 Å². The molecule has 104 valence electrons. The van der Waals surface area contributed by atoms with E-state index in [9.17, 15) is 4.79 Å². The van der Waals surface area contributed by atoms with E-state index < -0.39 is 0 Å². The van der Waals surface area contributed by atoms with Crippen LogP contribution in [0.3, 0.4) is 0 Å². The average Bonchev–Trinajstić information content (AvgIpc) is 2.53. The van der Waals surface area contributed by atoms with Crippen LogP contribution in [0.15, 0.2) is 42.5 Å². The second kappa shape index (κ2) is 6.10. The monoisotopic (exact) mass is 272 g/mol. The third-order valence-electron chi connectivity index (χ3n) is 3.00. The number of hydrogen-bond donors (Lipinski definition) is 0. The first kappa shape index (κ1) is 13.9. The predicted octanol–water partition coefficient (Wildman–Crippen LogP) is 3.16. The fourth-order valence-electron chi connectivity index (χ4n) is 2.05. The van der Waals surface area contributed by atoms with Crippen LogP contribution in [0.5, 0.6) is 11.5 Å². The van der Waals surface area contributed by atoms with E-state index in [0.29, 0.717) is 17.1 Å². The van der Waals surface area contributed by atoms with Crippen molar-refractivity contribution in [3.63, 3.8) is 0 Å². The van der Waals surface area contributed by atoms with Crippen molar-refractivity contribution in [2.45, 2.75) is 0 Å². The van der Waals surface area contributed by atoms with Gasteiger partial charge in [0, 0.05) is 5.56 Å². The number of ether oxygens (including phenoxy) is 3. The Hall–Kier alpha value is -2.49. The molecule has 0 atom stereocenters. The lowest BCUT2D eigenvalue weighted by atomic mass is 10.0. The molecule has 0 amide bonds. The van der Waals surface area contributed by atoms with Crippen molar-refractivity contribution >= 4 is 5.97 Å². The second-order valence-corrected chi connectivity index (χ2v) is 4.11. The maximum absolute atomic E-state index is 11.6. The molecule has 0 unspecified atom stereocenters. The highest BCUT2D eigenvalue weighted by Gasteiger charge is 2.13. The van der Waals surface area contributed by atoms with Crippen molar-refractivity contribution in [1.29, 1.82) is 0 Å². The summed E-state index contributed by atoms with van der Waals surface area (Å²) in [6.45, 7) is 0. The van der Waals surface area contributed by atoms with Gasteiger partial charge in [-0.3, -0.25) is 0 Å².